The fourth-order valence-electron chi connectivity index (χ4n) is 3.80. The van der Waals surface area contributed by atoms with Gasteiger partial charge in [0.1, 0.15) is 0 Å². The molecule has 0 unspecified atom stereocenters. The lowest BCUT2D eigenvalue weighted by Gasteiger charge is -2.40. The first-order valence-electron chi connectivity index (χ1n) is 8.31. The highest BCUT2D eigenvalue weighted by Gasteiger charge is 2.34. The summed E-state index contributed by atoms with van der Waals surface area (Å²) in [6.45, 7) is 9.83. The minimum atomic E-state index is -0.634. The molecule has 22 heavy (non-hydrogen) atoms. The van der Waals surface area contributed by atoms with Gasteiger partial charge in [-0.25, -0.2) is 9.78 Å². The SMILES string of the molecule is COOCC(=O)N1CCCC(C(C)(C)CC(C)(C)O)CCC1. The molecule has 1 amide bonds. The third kappa shape index (κ3) is 6.63. The molecule has 0 saturated carbocycles. The van der Waals surface area contributed by atoms with Gasteiger partial charge in [-0.3, -0.25) is 4.79 Å². The molecular formula is C17H33NO4. The van der Waals surface area contributed by atoms with E-state index in [1.54, 1.807) is 0 Å². The monoisotopic (exact) mass is 315 g/mol. The van der Waals surface area contributed by atoms with Crippen molar-refractivity contribution in [3.8, 4) is 0 Å². The summed E-state index contributed by atoms with van der Waals surface area (Å²) in [4.78, 5) is 23.1. The van der Waals surface area contributed by atoms with Crippen LogP contribution < -0.4 is 0 Å². The Bertz CT molecular complexity index is 339. The van der Waals surface area contributed by atoms with Gasteiger partial charge in [0.05, 0.1) is 12.7 Å². The summed E-state index contributed by atoms with van der Waals surface area (Å²) in [5, 5.41) is 10.1. The van der Waals surface area contributed by atoms with Crippen LogP contribution in [-0.4, -0.2) is 48.3 Å². The van der Waals surface area contributed by atoms with Crippen LogP contribution in [0.2, 0.25) is 0 Å². The van der Waals surface area contributed by atoms with Crippen molar-refractivity contribution in [1.82, 2.24) is 4.90 Å². The quantitative estimate of drug-likeness (QED) is 0.605. The lowest BCUT2D eigenvalue weighted by Crippen LogP contribution is -2.39. The topological polar surface area (TPSA) is 59.0 Å². The van der Waals surface area contributed by atoms with Gasteiger partial charge in [0, 0.05) is 13.1 Å². The molecule has 0 aromatic heterocycles. The Balaban J connectivity index is 2.52. The Morgan fingerprint density at radius 1 is 1.18 bits per heavy atom. The van der Waals surface area contributed by atoms with Crippen LogP contribution in [0.15, 0.2) is 0 Å². The van der Waals surface area contributed by atoms with Crippen molar-refractivity contribution in [2.75, 3.05) is 26.8 Å². The van der Waals surface area contributed by atoms with Crippen LogP contribution in [0.5, 0.6) is 0 Å². The van der Waals surface area contributed by atoms with Crippen molar-refractivity contribution >= 4 is 5.91 Å². The zero-order chi connectivity index (χ0) is 16.8. The lowest BCUT2D eigenvalue weighted by molar-refractivity contribution is -0.269. The third-order valence-corrected chi connectivity index (χ3v) is 4.61. The minimum Gasteiger partial charge on any atom is -0.390 e. The van der Waals surface area contributed by atoms with Gasteiger partial charge in [-0.15, -0.1) is 0 Å². The first-order chi connectivity index (χ1) is 10.2. The molecule has 0 bridgehead atoms. The molecule has 1 aliphatic heterocycles. The maximum atomic E-state index is 12.0. The summed E-state index contributed by atoms with van der Waals surface area (Å²) in [7, 11) is 1.41. The molecule has 1 N–H and O–H groups in total. The Labute approximate surface area is 134 Å². The van der Waals surface area contributed by atoms with E-state index < -0.39 is 5.60 Å². The van der Waals surface area contributed by atoms with Gasteiger partial charge in [0.25, 0.3) is 5.91 Å². The molecular weight excluding hydrogens is 282 g/mol. The van der Waals surface area contributed by atoms with Gasteiger partial charge in [0.2, 0.25) is 0 Å². The van der Waals surface area contributed by atoms with Crippen molar-refractivity contribution in [2.45, 2.75) is 65.4 Å². The van der Waals surface area contributed by atoms with E-state index in [1.165, 1.54) is 7.11 Å². The Hall–Kier alpha value is -0.650. The Morgan fingerprint density at radius 2 is 1.73 bits per heavy atom. The summed E-state index contributed by atoms with van der Waals surface area (Å²) < 4.78 is 0. The van der Waals surface area contributed by atoms with E-state index in [9.17, 15) is 9.90 Å². The Morgan fingerprint density at radius 3 is 2.18 bits per heavy atom. The van der Waals surface area contributed by atoms with Crippen molar-refractivity contribution in [3.63, 3.8) is 0 Å². The Kier molecular flexibility index (Phi) is 7.29. The average Bonchev–Trinajstić information content (AvgIpc) is 2.32. The molecule has 5 nitrogen and oxygen atoms in total. The number of carbonyl (C=O) groups is 1. The average molecular weight is 315 g/mol. The van der Waals surface area contributed by atoms with Gasteiger partial charge < -0.3 is 10.0 Å². The van der Waals surface area contributed by atoms with Crippen molar-refractivity contribution in [2.24, 2.45) is 11.3 Å². The number of nitrogens with zero attached hydrogens (tertiary/aromatic N) is 1. The molecule has 0 radical (unpaired) electrons. The normalized spacial score (nSPS) is 18.9. The molecule has 0 spiro atoms. The van der Waals surface area contributed by atoms with Crippen molar-refractivity contribution < 1.29 is 19.7 Å². The van der Waals surface area contributed by atoms with E-state index in [0.717, 1.165) is 45.2 Å². The highest BCUT2D eigenvalue weighted by molar-refractivity contribution is 5.77. The van der Waals surface area contributed by atoms with E-state index >= 15 is 0 Å². The van der Waals surface area contributed by atoms with E-state index in [1.807, 2.05) is 18.7 Å². The first kappa shape index (κ1) is 19.4. The molecule has 1 saturated heterocycles. The van der Waals surface area contributed by atoms with Crippen LogP contribution in [-0.2, 0) is 14.6 Å². The number of aliphatic hydroxyl groups is 1. The molecule has 1 aliphatic rings. The zero-order valence-corrected chi connectivity index (χ0v) is 14.9. The number of hydrogen-bond acceptors (Lipinski definition) is 4. The second-order valence-electron chi connectivity index (χ2n) is 7.77. The highest BCUT2D eigenvalue weighted by Crippen LogP contribution is 2.41. The maximum Gasteiger partial charge on any atom is 0.251 e. The molecule has 0 aromatic rings. The molecule has 0 atom stereocenters. The van der Waals surface area contributed by atoms with E-state index in [4.69, 9.17) is 4.89 Å². The van der Waals surface area contributed by atoms with Gasteiger partial charge in [-0.2, -0.15) is 0 Å². The molecule has 1 rings (SSSR count). The van der Waals surface area contributed by atoms with E-state index in [0.29, 0.717) is 5.92 Å². The molecule has 130 valence electrons. The first-order valence-corrected chi connectivity index (χ1v) is 8.31. The van der Waals surface area contributed by atoms with Gasteiger partial charge in [-0.1, -0.05) is 13.8 Å². The van der Waals surface area contributed by atoms with E-state index in [-0.39, 0.29) is 17.9 Å². The summed E-state index contributed by atoms with van der Waals surface area (Å²) in [5.74, 6) is 0.586. The number of carbonyl (C=O) groups excluding carboxylic acids is 1. The molecule has 5 heteroatoms. The summed E-state index contributed by atoms with van der Waals surface area (Å²) >= 11 is 0. The zero-order valence-electron chi connectivity index (χ0n) is 14.9. The maximum absolute atomic E-state index is 12.0. The standard InChI is InChI=1S/C17H33NO4/c1-16(2,13-17(3,4)20)14-8-6-10-18(11-7-9-14)15(19)12-22-21-5/h14,20H,6-13H2,1-5H3. The number of amides is 1. The van der Waals surface area contributed by atoms with Crippen LogP contribution in [0.1, 0.15) is 59.8 Å². The molecule has 1 heterocycles. The van der Waals surface area contributed by atoms with Gasteiger partial charge in [-0.05, 0) is 57.3 Å². The fourth-order valence-corrected chi connectivity index (χ4v) is 3.80. The second kappa shape index (κ2) is 8.27. The van der Waals surface area contributed by atoms with Gasteiger partial charge in [0.15, 0.2) is 6.61 Å². The number of likely N-dealkylation sites (tertiary alicyclic amines) is 1. The molecule has 1 fully saturated rings. The third-order valence-electron chi connectivity index (χ3n) is 4.61. The second-order valence-corrected chi connectivity index (χ2v) is 7.77. The highest BCUT2D eigenvalue weighted by atomic mass is 17.2. The summed E-state index contributed by atoms with van der Waals surface area (Å²) in [6, 6.07) is 0. The predicted molar refractivity (Wildman–Crippen MR) is 86.2 cm³/mol. The van der Waals surface area contributed by atoms with Crippen LogP contribution in [0.4, 0.5) is 0 Å². The van der Waals surface area contributed by atoms with Crippen LogP contribution >= 0.6 is 0 Å². The van der Waals surface area contributed by atoms with Crippen LogP contribution in [0, 0.1) is 11.3 Å². The van der Waals surface area contributed by atoms with E-state index in [2.05, 4.69) is 18.7 Å². The van der Waals surface area contributed by atoms with Crippen LogP contribution in [0.25, 0.3) is 0 Å². The molecule has 0 aromatic carbocycles. The van der Waals surface area contributed by atoms with Crippen LogP contribution in [0.3, 0.4) is 0 Å². The number of rotatable bonds is 6. The lowest BCUT2D eigenvalue weighted by atomic mass is 9.68. The fraction of sp³-hybridized carbons (Fsp3) is 0.941. The van der Waals surface area contributed by atoms with Gasteiger partial charge >= 0.3 is 0 Å². The largest absolute Gasteiger partial charge is 0.390 e. The molecule has 0 aliphatic carbocycles. The predicted octanol–water partition coefficient (Wildman–Crippen LogP) is 2.77. The minimum absolute atomic E-state index is 0.00366. The van der Waals surface area contributed by atoms with Crippen molar-refractivity contribution in [1.29, 1.82) is 0 Å². The smallest absolute Gasteiger partial charge is 0.251 e. The summed E-state index contributed by atoms with van der Waals surface area (Å²) in [6.07, 6.45) is 4.99. The van der Waals surface area contributed by atoms with Crippen molar-refractivity contribution in [3.05, 3.63) is 0 Å². The summed E-state index contributed by atoms with van der Waals surface area (Å²) in [5.41, 5.74) is -0.519. The number of hydrogen-bond donors (Lipinski definition) is 1.